The highest BCUT2D eigenvalue weighted by Crippen LogP contribution is 2.43. The smallest absolute Gasteiger partial charge is 0.260 e. The molecule has 7 heteroatoms. The number of carbonyl (C=O) groups excluding carboxylic acids is 2. The van der Waals surface area contributed by atoms with Gasteiger partial charge >= 0.3 is 0 Å². The summed E-state index contributed by atoms with van der Waals surface area (Å²) in [6, 6.07) is 13.8. The molecular formula is C25H27FN2O3S. The lowest BCUT2D eigenvalue weighted by molar-refractivity contribution is -0.132. The van der Waals surface area contributed by atoms with Crippen molar-refractivity contribution in [2.24, 2.45) is 5.92 Å². The summed E-state index contributed by atoms with van der Waals surface area (Å²) in [7, 11) is 3.45. The summed E-state index contributed by atoms with van der Waals surface area (Å²) in [4.78, 5) is 28.3. The Hall–Kier alpha value is -2.80. The van der Waals surface area contributed by atoms with E-state index in [2.05, 4.69) is 5.32 Å². The summed E-state index contributed by atoms with van der Waals surface area (Å²) >= 11 is 1.61. The lowest BCUT2D eigenvalue weighted by atomic mass is 9.83. The Labute approximate surface area is 192 Å². The Bertz CT molecular complexity index is 1020. The van der Waals surface area contributed by atoms with Crippen LogP contribution in [0.3, 0.4) is 0 Å². The van der Waals surface area contributed by atoms with Gasteiger partial charge in [0.2, 0.25) is 5.91 Å². The number of hydrogen-bond acceptors (Lipinski definition) is 4. The zero-order valence-electron chi connectivity index (χ0n) is 18.2. The fourth-order valence-corrected chi connectivity index (χ4v) is 5.87. The lowest BCUT2D eigenvalue weighted by Crippen LogP contribution is -2.52. The number of nitrogens with zero attached hydrogens (tertiary/aromatic N) is 1. The van der Waals surface area contributed by atoms with Crippen LogP contribution in [0, 0.1) is 11.7 Å². The first-order valence-corrected chi connectivity index (χ1v) is 11.6. The van der Waals surface area contributed by atoms with Crippen LogP contribution in [0.5, 0.6) is 5.75 Å². The molecule has 3 unspecified atom stereocenters. The van der Waals surface area contributed by atoms with Crippen LogP contribution >= 0.6 is 11.8 Å². The SMILES string of the molecule is COc1ccccc1/C=C1/SC2CCC(C(=O)NCc3ccc(F)cc3)CC2N(C)C1=O. The van der Waals surface area contributed by atoms with E-state index in [1.54, 1.807) is 35.9 Å². The number of methoxy groups -OCH3 is 1. The maximum atomic E-state index is 13.1. The molecule has 1 saturated carbocycles. The zero-order chi connectivity index (χ0) is 22.7. The molecule has 0 aromatic heterocycles. The predicted molar refractivity (Wildman–Crippen MR) is 124 cm³/mol. The second-order valence-electron chi connectivity index (χ2n) is 8.24. The number of ether oxygens (including phenoxy) is 1. The van der Waals surface area contributed by atoms with Crippen molar-refractivity contribution in [3.63, 3.8) is 0 Å². The Morgan fingerprint density at radius 2 is 1.97 bits per heavy atom. The molecule has 2 aromatic rings. The normalized spacial score (nSPS) is 24.2. The van der Waals surface area contributed by atoms with Crippen LogP contribution < -0.4 is 10.1 Å². The molecular weight excluding hydrogens is 427 g/mol. The number of fused-ring (bicyclic) bond motifs is 1. The van der Waals surface area contributed by atoms with Crippen LogP contribution in [0.25, 0.3) is 6.08 Å². The van der Waals surface area contributed by atoms with Gasteiger partial charge in [-0.1, -0.05) is 30.3 Å². The number of halogens is 1. The molecule has 1 N–H and O–H groups in total. The molecule has 2 aliphatic rings. The monoisotopic (exact) mass is 454 g/mol. The van der Waals surface area contributed by atoms with Gasteiger partial charge in [0.15, 0.2) is 0 Å². The van der Waals surface area contributed by atoms with E-state index < -0.39 is 0 Å². The molecule has 2 aromatic carbocycles. The number of hydrogen-bond donors (Lipinski definition) is 1. The Kier molecular flexibility index (Phi) is 6.84. The number of benzene rings is 2. The van der Waals surface area contributed by atoms with Crippen molar-refractivity contribution < 1.29 is 18.7 Å². The fraction of sp³-hybridized carbons (Fsp3) is 0.360. The van der Waals surface area contributed by atoms with Gasteiger partial charge in [0.05, 0.1) is 12.0 Å². The van der Waals surface area contributed by atoms with Crippen LogP contribution in [0.15, 0.2) is 53.4 Å². The van der Waals surface area contributed by atoms with Gasteiger partial charge in [-0.3, -0.25) is 9.59 Å². The molecule has 1 aliphatic heterocycles. The summed E-state index contributed by atoms with van der Waals surface area (Å²) in [5, 5.41) is 3.23. The summed E-state index contributed by atoms with van der Waals surface area (Å²) in [5.74, 6) is 0.288. The first kappa shape index (κ1) is 22.4. The largest absolute Gasteiger partial charge is 0.496 e. The molecule has 2 amide bonds. The first-order valence-electron chi connectivity index (χ1n) is 10.8. The van der Waals surface area contributed by atoms with E-state index in [-0.39, 0.29) is 34.8 Å². The predicted octanol–water partition coefficient (Wildman–Crippen LogP) is 4.23. The van der Waals surface area contributed by atoms with E-state index in [0.29, 0.717) is 17.9 Å². The van der Waals surface area contributed by atoms with Gasteiger partial charge in [0.1, 0.15) is 11.6 Å². The fourth-order valence-electron chi connectivity index (χ4n) is 4.40. The van der Waals surface area contributed by atoms with Crippen molar-refractivity contribution in [3.8, 4) is 5.75 Å². The third-order valence-electron chi connectivity index (χ3n) is 6.24. The van der Waals surface area contributed by atoms with Crippen molar-refractivity contribution in [3.05, 3.63) is 70.4 Å². The Morgan fingerprint density at radius 3 is 2.72 bits per heavy atom. The Balaban J connectivity index is 1.40. The molecule has 1 saturated heterocycles. The second-order valence-corrected chi connectivity index (χ2v) is 9.53. The van der Waals surface area contributed by atoms with E-state index in [1.165, 1.54) is 12.1 Å². The van der Waals surface area contributed by atoms with Gasteiger partial charge in [0.25, 0.3) is 5.91 Å². The Morgan fingerprint density at radius 1 is 1.22 bits per heavy atom. The van der Waals surface area contributed by atoms with Crippen molar-refractivity contribution in [2.75, 3.05) is 14.2 Å². The summed E-state index contributed by atoms with van der Waals surface area (Å²) in [6.07, 6.45) is 4.20. The van der Waals surface area contributed by atoms with Gasteiger partial charge in [-0.05, 0) is 49.1 Å². The zero-order valence-corrected chi connectivity index (χ0v) is 19.0. The number of carbonyl (C=O) groups is 2. The molecule has 32 heavy (non-hydrogen) atoms. The summed E-state index contributed by atoms with van der Waals surface area (Å²) < 4.78 is 18.5. The van der Waals surface area contributed by atoms with Gasteiger partial charge in [-0.2, -0.15) is 0 Å². The highest BCUT2D eigenvalue weighted by molar-refractivity contribution is 8.04. The number of likely N-dealkylation sites (N-methyl/N-ethyl adjacent to an activating group) is 1. The summed E-state index contributed by atoms with van der Waals surface area (Å²) in [5.41, 5.74) is 1.74. The van der Waals surface area contributed by atoms with Crippen LogP contribution in [0.4, 0.5) is 4.39 Å². The van der Waals surface area contributed by atoms with Crippen LogP contribution in [-0.4, -0.2) is 42.2 Å². The second kappa shape index (κ2) is 9.77. The number of thioether (sulfide) groups is 1. The van der Waals surface area contributed by atoms with Gasteiger partial charge in [-0.25, -0.2) is 4.39 Å². The lowest BCUT2D eigenvalue weighted by Gasteiger charge is -2.44. The average molecular weight is 455 g/mol. The third kappa shape index (κ3) is 4.83. The topological polar surface area (TPSA) is 58.6 Å². The first-order chi connectivity index (χ1) is 15.5. The minimum absolute atomic E-state index is 0.00557. The minimum Gasteiger partial charge on any atom is -0.496 e. The quantitative estimate of drug-likeness (QED) is 0.687. The maximum absolute atomic E-state index is 13.1. The average Bonchev–Trinajstić information content (AvgIpc) is 2.82. The van der Waals surface area contributed by atoms with Gasteiger partial charge in [0, 0.05) is 36.4 Å². The van der Waals surface area contributed by atoms with Crippen LogP contribution in [0.1, 0.15) is 30.4 Å². The molecule has 5 nitrogen and oxygen atoms in total. The highest BCUT2D eigenvalue weighted by Gasteiger charge is 2.42. The molecule has 3 atom stereocenters. The molecule has 168 valence electrons. The van der Waals surface area contributed by atoms with E-state index in [4.69, 9.17) is 4.74 Å². The molecule has 0 spiro atoms. The molecule has 1 aliphatic carbocycles. The van der Waals surface area contributed by atoms with E-state index in [0.717, 1.165) is 29.7 Å². The number of rotatable bonds is 5. The van der Waals surface area contributed by atoms with Gasteiger partial charge in [-0.15, -0.1) is 11.8 Å². The highest BCUT2D eigenvalue weighted by atomic mass is 32.2. The van der Waals surface area contributed by atoms with E-state index >= 15 is 0 Å². The molecule has 0 radical (unpaired) electrons. The minimum atomic E-state index is -0.292. The number of nitrogens with one attached hydrogen (secondary N) is 1. The van der Waals surface area contributed by atoms with E-state index in [1.807, 2.05) is 37.4 Å². The standard InChI is InChI=1S/C25H27FN2O3S/c1-28-20-13-18(24(29)27-15-16-7-10-19(26)11-8-16)9-12-22(20)32-23(25(28)30)14-17-5-3-4-6-21(17)31-2/h3-8,10-11,14,18,20,22H,9,12-13,15H2,1-2H3,(H,27,29)/b23-14+. The summed E-state index contributed by atoms with van der Waals surface area (Å²) in [6.45, 7) is 0.374. The van der Waals surface area contributed by atoms with Gasteiger partial charge < -0.3 is 15.0 Å². The van der Waals surface area contributed by atoms with Crippen LogP contribution in [-0.2, 0) is 16.1 Å². The van der Waals surface area contributed by atoms with Crippen molar-refractivity contribution >= 4 is 29.7 Å². The number of para-hydroxylation sites is 1. The van der Waals surface area contributed by atoms with Crippen molar-refractivity contribution in [2.45, 2.75) is 37.1 Å². The van der Waals surface area contributed by atoms with Crippen molar-refractivity contribution in [1.29, 1.82) is 0 Å². The number of amides is 2. The van der Waals surface area contributed by atoms with Crippen LogP contribution in [0.2, 0.25) is 0 Å². The molecule has 4 rings (SSSR count). The third-order valence-corrected chi connectivity index (χ3v) is 7.64. The molecule has 1 heterocycles. The van der Waals surface area contributed by atoms with E-state index in [9.17, 15) is 14.0 Å². The van der Waals surface area contributed by atoms with Crippen molar-refractivity contribution in [1.82, 2.24) is 10.2 Å². The molecule has 0 bridgehead atoms. The molecule has 2 fully saturated rings. The maximum Gasteiger partial charge on any atom is 0.260 e.